The minimum absolute atomic E-state index is 0.140. The van der Waals surface area contributed by atoms with Crippen LogP contribution >= 0.6 is 0 Å². The molecule has 8 heteroatoms. The van der Waals surface area contributed by atoms with E-state index in [0.717, 1.165) is 11.8 Å². The number of amides is 1. The number of hydrogen-bond donors (Lipinski definition) is 1. The number of carbonyl (C=O) groups excluding carboxylic acids is 2. The Kier molecular flexibility index (Phi) is 7.78. The maximum absolute atomic E-state index is 12.3. The van der Waals surface area contributed by atoms with Crippen molar-refractivity contribution in [1.82, 2.24) is 0 Å². The highest BCUT2D eigenvalue weighted by molar-refractivity contribution is 7.92. The van der Waals surface area contributed by atoms with Crippen molar-refractivity contribution in [1.29, 1.82) is 0 Å². The average molecular weight is 419 g/mol. The number of carbonyl (C=O) groups is 2. The molecule has 2 aromatic carbocycles. The lowest BCUT2D eigenvalue weighted by atomic mass is 10.2. The van der Waals surface area contributed by atoms with Crippen molar-refractivity contribution in [3.05, 3.63) is 59.7 Å². The van der Waals surface area contributed by atoms with Crippen LogP contribution in [0.2, 0.25) is 0 Å². The molecule has 0 saturated heterocycles. The molecule has 0 spiro atoms. The highest BCUT2D eigenvalue weighted by Crippen LogP contribution is 2.22. The number of nitrogens with one attached hydrogen (secondary N) is 1. The number of sulfonamides is 1. The molecule has 0 bridgehead atoms. The highest BCUT2D eigenvalue weighted by Gasteiger charge is 2.19. The first-order chi connectivity index (χ1) is 13.7. The Hall–Kier alpha value is -2.87. The summed E-state index contributed by atoms with van der Waals surface area (Å²) in [5.41, 5.74) is 2.29. The first-order valence-corrected chi connectivity index (χ1v) is 11.2. The quantitative estimate of drug-likeness (QED) is 0.631. The SMILES string of the molecule is CCOC(=O)c1cccc(NC(=O)CCCN(c2ccccc2C)S(C)(=O)=O)c1. The van der Waals surface area contributed by atoms with E-state index in [4.69, 9.17) is 4.74 Å². The summed E-state index contributed by atoms with van der Waals surface area (Å²) in [6.07, 6.45) is 1.65. The van der Waals surface area contributed by atoms with Gasteiger partial charge in [-0.2, -0.15) is 0 Å². The monoisotopic (exact) mass is 418 g/mol. The summed E-state index contributed by atoms with van der Waals surface area (Å²) in [6.45, 7) is 4.03. The predicted molar refractivity (Wildman–Crippen MR) is 114 cm³/mol. The fourth-order valence-electron chi connectivity index (χ4n) is 2.85. The second-order valence-corrected chi connectivity index (χ2v) is 8.48. The summed E-state index contributed by atoms with van der Waals surface area (Å²) < 4.78 is 30.6. The Bertz CT molecular complexity index is 973. The molecule has 0 heterocycles. The van der Waals surface area contributed by atoms with E-state index >= 15 is 0 Å². The third-order valence-electron chi connectivity index (χ3n) is 4.21. The number of rotatable bonds is 9. The minimum Gasteiger partial charge on any atom is -0.462 e. The Morgan fingerprint density at radius 2 is 1.83 bits per heavy atom. The van der Waals surface area contributed by atoms with Crippen LogP contribution in [0.15, 0.2) is 48.5 Å². The molecule has 0 atom stereocenters. The van der Waals surface area contributed by atoms with Gasteiger partial charge in [0.25, 0.3) is 0 Å². The topological polar surface area (TPSA) is 92.8 Å². The standard InChI is InChI=1S/C21H26N2O5S/c1-4-28-21(25)17-10-7-11-18(15-17)22-20(24)13-8-14-23(29(3,26)27)19-12-6-5-9-16(19)2/h5-7,9-12,15H,4,8,13-14H2,1-3H3,(H,22,24). The van der Waals surface area contributed by atoms with Gasteiger partial charge in [-0.1, -0.05) is 24.3 Å². The zero-order valence-corrected chi connectivity index (χ0v) is 17.7. The van der Waals surface area contributed by atoms with E-state index in [1.54, 1.807) is 43.3 Å². The van der Waals surface area contributed by atoms with Gasteiger partial charge in [-0.05, 0) is 50.1 Å². The van der Waals surface area contributed by atoms with E-state index in [1.165, 1.54) is 4.31 Å². The van der Waals surface area contributed by atoms with Gasteiger partial charge in [-0.3, -0.25) is 9.10 Å². The molecule has 29 heavy (non-hydrogen) atoms. The summed E-state index contributed by atoms with van der Waals surface area (Å²) in [6, 6.07) is 13.7. The maximum atomic E-state index is 12.3. The highest BCUT2D eigenvalue weighted by atomic mass is 32.2. The molecule has 0 aliphatic heterocycles. The van der Waals surface area contributed by atoms with Gasteiger partial charge in [0.05, 0.1) is 24.1 Å². The molecular formula is C21H26N2O5S. The molecule has 0 saturated carbocycles. The molecule has 1 N–H and O–H groups in total. The Balaban J connectivity index is 1.97. The van der Waals surface area contributed by atoms with Crippen LogP contribution in [0.4, 0.5) is 11.4 Å². The molecule has 0 radical (unpaired) electrons. The van der Waals surface area contributed by atoms with E-state index in [1.807, 2.05) is 19.1 Å². The summed E-state index contributed by atoms with van der Waals surface area (Å²) in [7, 11) is -3.47. The lowest BCUT2D eigenvalue weighted by molar-refractivity contribution is -0.116. The van der Waals surface area contributed by atoms with Crippen LogP contribution < -0.4 is 9.62 Å². The minimum atomic E-state index is -3.47. The van der Waals surface area contributed by atoms with Crippen molar-refractivity contribution in [2.75, 3.05) is 29.0 Å². The maximum Gasteiger partial charge on any atom is 0.338 e. The number of benzene rings is 2. The van der Waals surface area contributed by atoms with Gasteiger partial charge < -0.3 is 10.1 Å². The number of esters is 1. The Morgan fingerprint density at radius 3 is 2.48 bits per heavy atom. The van der Waals surface area contributed by atoms with Crippen molar-refractivity contribution in [2.24, 2.45) is 0 Å². The molecule has 0 aromatic heterocycles. The number of para-hydroxylation sites is 1. The molecule has 2 rings (SSSR count). The summed E-state index contributed by atoms with van der Waals surface area (Å²) in [5.74, 6) is -0.713. The van der Waals surface area contributed by atoms with Crippen molar-refractivity contribution in [2.45, 2.75) is 26.7 Å². The van der Waals surface area contributed by atoms with Gasteiger partial charge in [0, 0.05) is 18.7 Å². The van der Waals surface area contributed by atoms with Gasteiger partial charge >= 0.3 is 5.97 Å². The normalized spacial score (nSPS) is 11.0. The van der Waals surface area contributed by atoms with Crippen molar-refractivity contribution < 1.29 is 22.7 Å². The third kappa shape index (κ3) is 6.60. The number of ether oxygens (including phenoxy) is 1. The van der Waals surface area contributed by atoms with Gasteiger partial charge in [0.15, 0.2) is 0 Å². The second kappa shape index (κ2) is 10.1. The molecule has 2 aromatic rings. The van der Waals surface area contributed by atoms with E-state index < -0.39 is 16.0 Å². The van der Waals surface area contributed by atoms with Gasteiger partial charge in [-0.25, -0.2) is 13.2 Å². The van der Waals surface area contributed by atoms with Gasteiger partial charge in [-0.15, -0.1) is 0 Å². The van der Waals surface area contributed by atoms with E-state index in [0.29, 0.717) is 23.4 Å². The molecule has 7 nitrogen and oxygen atoms in total. The average Bonchev–Trinajstić information content (AvgIpc) is 2.65. The van der Waals surface area contributed by atoms with Crippen LogP contribution in [0.5, 0.6) is 0 Å². The number of nitrogens with zero attached hydrogens (tertiary/aromatic N) is 1. The zero-order chi connectivity index (χ0) is 21.4. The van der Waals surface area contributed by atoms with Crippen LogP contribution in [-0.4, -0.2) is 39.7 Å². The van der Waals surface area contributed by atoms with Crippen LogP contribution in [-0.2, 0) is 19.6 Å². The lowest BCUT2D eigenvalue weighted by Crippen LogP contribution is -2.32. The van der Waals surface area contributed by atoms with Crippen LogP contribution in [0.25, 0.3) is 0 Å². The smallest absolute Gasteiger partial charge is 0.338 e. The largest absolute Gasteiger partial charge is 0.462 e. The molecule has 156 valence electrons. The van der Waals surface area contributed by atoms with Crippen molar-refractivity contribution >= 4 is 33.3 Å². The summed E-state index contributed by atoms with van der Waals surface area (Å²) >= 11 is 0. The number of hydrogen-bond acceptors (Lipinski definition) is 5. The van der Waals surface area contributed by atoms with Crippen LogP contribution in [0, 0.1) is 6.92 Å². The fourth-order valence-corrected chi connectivity index (χ4v) is 3.88. The molecule has 0 aliphatic rings. The van der Waals surface area contributed by atoms with E-state index in [2.05, 4.69) is 5.32 Å². The zero-order valence-electron chi connectivity index (χ0n) is 16.8. The first kappa shape index (κ1) is 22.4. The van der Waals surface area contributed by atoms with Crippen molar-refractivity contribution in [3.63, 3.8) is 0 Å². The Morgan fingerprint density at radius 1 is 1.10 bits per heavy atom. The fraction of sp³-hybridized carbons (Fsp3) is 0.333. The molecule has 0 aliphatic carbocycles. The molecule has 0 fully saturated rings. The first-order valence-electron chi connectivity index (χ1n) is 9.32. The van der Waals surface area contributed by atoms with E-state index in [9.17, 15) is 18.0 Å². The van der Waals surface area contributed by atoms with E-state index in [-0.39, 0.29) is 25.5 Å². The molecule has 1 amide bonds. The molecule has 0 unspecified atom stereocenters. The lowest BCUT2D eigenvalue weighted by Gasteiger charge is -2.24. The third-order valence-corrected chi connectivity index (χ3v) is 5.39. The number of aryl methyl sites for hydroxylation is 1. The second-order valence-electron chi connectivity index (χ2n) is 6.57. The van der Waals surface area contributed by atoms with Gasteiger partial charge in [0.2, 0.25) is 15.9 Å². The predicted octanol–water partition coefficient (Wildman–Crippen LogP) is 3.36. The summed E-state index contributed by atoms with van der Waals surface area (Å²) in [4.78, 5) is 24.0. The Labute approximate surface area is 171 Å². The van der Waals surface area contributed by atoms with Crippen LogP contribution in [0.1, 0.15) is 35.7 Å². The van der Waals surface area contributed by atoms with Gasteiger partial charge in [0.1, 0.15) is 0 Å². The number of anilines is 2. The molecular weight excluding hydrogens is 392 g/mol. The van der Waals surface area contributed by atoms with Crippen LogP contribution in [0.3, 0.4) is 0 Å². The van der Waals surface area contributed by atoms with Crippen molar-refractivity contribution in [3.8, 4) is 0 Å². The summed E-state index contributed by atoms with van der Waals surface area (Å²) in [5, 5.41) is 2.73.